The molecule has 0 bridgehead atoms. The van der Waals surface area contributed by atoms with Crippen molar-refractivity contribution >= 4 is 29.3 Å². The van der Waals surface area contributed by atoms with E-state index < -0.39 is 5.63 Å². The first-order valence-electron chi connectivity index (χ1n) is 7.13. The second-order valence-electron chi connectivity index (χ2n) is 5.49. The van der Waals surface area contributed by atoms with Gasteiger partial charge >= 0.3 is 5.63 Å². The Labute approximate surface area is 134 Å². The second-order valence-corrected chi connectivity index (χ2v) is 5.49. The lowest BCUT2D eigenvalue weighted by atomic mass is 10.0. The number of benzene rings is 1. The number of aryl methyl sites for hydroxylation is 1. The van der Waals surface area contributed by atoms with Crippen LogP contribution in [0.1, 0.15) is 22.8 Å². The number of carbonyl (C=O) groups is 1. The molecular weight excluding hydrogens is 304 g/mol. The molecule has 1 aliphatic heterocycles. The predicted octanol–water partition coefficient (Wildman–Crippen LogP) is 1.96. The SMILES string of the molecule is Cc1c(C(=O)N2CCNC(C)C2)c(=O)oc2ccccc12.Cl. The highest BCUT2D eigenvalue weighted by molar-refractivity contribution is 5.99. The topological polar surface area (TPSA) is 62.6 Å². The fourth-order valence-corrected chi connectivity index (χ4v) is 2.83. The van der Waals surface area contributed by atoms with Gasteiger partial charge in [-0.15, -0.1) is 12.4 Å². The Balaban J connectivity index is 0.00000176. The molecule has 1 amide bonds. The summed E-state index contributed by atoms with van der Waals surface area (Å²) >= 11 is 0. The van der Waals surface area contributed by atoms with Crippen LogP contribution in [0.5, 0.6) is 0 Å². The van der Waals surface area contributed by atoms with Crippen LogP contribution < -0.4 is 10.9 Å². The molecule has 22 heavy (non-hydrogen) atoms. The summed E-state index contributed by atoms with van der Waals surface area (Å²) in [6, 6.07) is 7.52. The molecule has 1 atom stereocenters. The maximum absolute atomic E-state index is 12.7. The average molecular weight is 323 g/mol. The number of nitrogens with one attached hydrogen (secondary N) is 1. The molecule has 1 fully saturated rings. The third-order valence-corrected chi connectivity index (χ3v) is 3.94. The molecule has 2 aromatic rings. The van der Waals surface area contributed by atoms with Crippen molar-refractivity contribution in [3.05, 3.63) is 45.8 Å². The van der Waals surface area contributed by atoms with E-state index in [-0.39, 0.29) is 29.9 Å². The lowest BCUT2D eigenvalue weighted by molar-refractivity contribution is 0.0704. The van der Waals surface area contributed by atoms with Gasteiger partial charge in [0.15, 0.2) is 0 Å². The van der Waals surface area contributed by atoms with E-state index in [1.54, 1.807) is 17.9 Å². The summed E-state index contributed by atoms with van der Waals surface area (Å²) < 4.78 is 5.29. The van der Waals surface area contributed by atoms with Crippen molar-refractivity contribution in [2.24, 2.45) is 0 Å². The van der Waals surface area contributed by atoms with E-state index in [2.05, 4.69) is 5.32 Å². The third kappa shape index (κ3) is 2.87. The van der Waals surface area contributed by atoms with Gasteiger partial charge in [0.05, 0.1) is 0 Å². The zero-order valence-corrected chi connectivity index (χ0v) is 13.4. The summed E-state index contributed by atoms with van der Waals surface area (Å²) in [6.07, 6.45) is 0. The lowest BCUT2D eigenvalue weighted by Gasteiger charge is -2.32. The van der Waals surface area contributed by atoms with Crippen LogP contribution >= 0.6 is 12.4 Å². The molecule has 0 radical (unpaired) electrons. The van der Waals surface area contributed by atoms with Crippen LogP contribution in [0, 0.1) is 6.92 Å². The number of piperazine rings is 1. The van der Waals surface area contributed by atoms with E-state index in [0.29, 0.717) is 24.2 Å². The molecule has 5 nitrogen and oxygen atoms in total. The van der Waals surface area contributed by atoms with Crippen LogP contribution in [0.2, 0.25) is 0 Å². The minimum atomic E-state index is -0.553. The standard InChI is InChI=1S/C16H18N2O3.ClH/c1-10-9-18(8-7-17-10)15(19)14-11(2)12-5-3-4-6-13(12)21-16(14)20;/h3-6,10,17H,7-9H2,1-2H3;1H. The van der Waals surface area contributed by atoms with Gasteiger partial charge in [-0.2, -0.15) is 0 Å². The van der Waals surface area contributed by atoms with Crippen LogP contribution in [-0.2, 0) is 0 Å². The molecule has 1 aliphatic rings. The number of hydrogen-bond donors (Lipinski definition) is 1. The molecule has 1 aromatic heterocycles. The van der Waals surface area contributed by atoms with Gasteiger partial charge in [-0.1, -0.05) is 18.2 Å². The number of fused-ring (bicyclic) bond motifs is 1. The fraction of sp³-hybridized carbons (Fsp3) is 0.375. The molecule has 0 saturated carbocycles. The number of halogens is 1. The van der Waals surface area contributed by atoms with Gasteiger partial charge in [0.25, 0.3) is 5.91 Å². The van der Waals surface area contributed by atoms with Gasteiger partial charge in [0, 0.05) is 31.1 Å². The monoisotopic (exact) mass is 322 g/mol. The number of nitrogens with zero attached hydrogens (tertiary/aromatic N) is 1. The first kappa shape index (κ1) is 16.5. The summed E-state index contributed by atoms with van der Waals surface area (Å²) in [5.74, 6) is -0.236. The lowest BCUT2D eigenvalue weighted by Crippen LogP contribution is -2.52. The Bertz CT molecular complexity index is 757. The van der Waals surface area contributed by atoms with Crippen LogP contribution in [0.3, 0.4) is 0 Å². The highest BCUT2D eigenvalue weighted by Crippen LogP contribution is 2.20. The normalized spacial score (nSPS) is 18.1. The number of para-hydroxylation sites is 1. The minimum absolute atomic E-state index is 0. The molecule has 0 spiro atoms. The Hall–Kier alpha value is -1.85. The Morgan fingerprint density at radius 2 is 2.09 bits per heavy atom. The van der Waals surface area contributed by atoms with Crippen molar-refractivity contribution in [1.29, 1.82) is 0 Å². The zero-order chi connectivity index (χ0) is 15.0. The van der Waals surface area contributed by atoms with E-state index >= 15 is 0 Å². The van der Waals surface area contributed by atoms with Gasteiger partial charge in [-0.3, -0.25) is 4.79 Å². The van der Waals surface area contributed by atoms with Crippen LogP contribution in [-0.4, -0.2) is 36.5 Å². The summed E-state index contributed by atoms with van der Waals surface area (Å²) in [7, 11) is 0. The average Bonchev–Trinajstić information content (AvgIpc) is 2.47. The first-order chi connectivity index (χ1) is 10.1. The molecule has 1 N–H and O–H groups in total. The molecular formula is C16H19ClN2O3. The number of carbonyl (C=O) groups excluding carboxylic acids is 1. The Morgan fingerprint density at radius 3 is 2.82 bits per heavy atom. The number of hydrogen-bond acceptors (Lipinski definition) is 4. The van der Waals surface area contributed by atoms with Crippen LogP contribution in [0.25, 0.3) is 11.0 Å². The number of amides is 1. The van der Waals surface area contributed by atoms with Crippen molar-refractivity contribution in [3.8, 4) is 0 Å². The van der Waals surface area contributed by atoms with E-state index in [1.807, 2.05) is 25.1 Å². The van der Waals surface area contributed by atoms with E-state index in [1.165, 1.54) is 0 Å². The second kappa shape index (κ2) is 6.50. The van der Waals surface area contributed by atoms with Crippen LogP contribution in [0.15, 0.2) is 33.5 Å². The van der Waals surface area contributed by atoms with Crippen molar-refractivity contribution in [1.82, 2.24) is 10.2 Å². The minimum Gasteiger partial charge on any atom is -0.422 e. The quantitative estimate of drug-likeness (QED) is 0.815. The highest BCUT2D eigenvalue weighted by Gasteiger charge is 2.26. The van der Waals surface area contributed by atoms with E-state index in [4.69, 9.17) is 4.42 Å². The third-order valence-electron chi connectivity index (χ3n) is 3.94. The van der Waals surface area contributed by atoms with Gasteiger partial charge < -0.3 is 14.6 Å². The van der Waals surface area contributed by atoms with Crippen molar-refractivity contribution in [2.75, 3.05) is 19.6 Å². The molecule has 2 heterocycles. The molecule has 3 rings (SSSR count). The number of rotatable bonds is 1. The smallest absolute Gasteiger partial charge is 0.349 e. The Kier molecular flexibility index (Phi) is 4.88. The van der Waals surface area contributed by atoms with Gasteiger partial charge in [0.1, 0.15) is 11.1 Å². The molecule has 118 valence electrons. The summed E-state index contributed by atoms with van der Waals surface area (Å²) in [5.41, 5.74) is 0.813. The maximum Gasteiger partial charge on any atom is 0.349 e. The van der Waals surface area contributed by atoms with Gasteiger partial charge in [0.2, 0.25) is 0 Å². The fourth-order valence-electron chi connectivity index (χ4n) is 2.83. The summed E-state index contributed by atoms with van der Waals surface area (Å²) in [4.78, 5) is 26.6. The Morgan fingerprint density at radius 1 is 1.36 bits per heavy atom. The maximum atomic E-state index is 12.7. The molecule has 1 unspecified atom stereocenters. The summed E-state index contributed by atoms with van der Waals surface area (Å²) in [5, 5.41) is 4.09. The highest BCUT2D eigenvalue weighted by atomic mass is 35.5. The van der Waals surface area contributed by atoms with Crippen molar-refractivity contribution in [3.63, 3.8) is 0 Å². The van der Waals surface area contributed by atoms with Gasteiger partial charge in [-0.25, -0.2) is 4.79 Å². The molecule has 0 aliphatic carbocycles. The molecule has 1 saturated heterocycles. The summed E-state index contributed by atoms with van der Waals surface area (Å²) in [6.45, 7) is 5.78. The zero-order valence-electron chi connectivity index (χ0n) is 12.6. The predicted molar refractivity (Wildman–Crippen MR) is 87.8 cm³/mol. The van der Waals surface area contributed by atoms with E-state index in [0.717, 1.165) is 11.9 Å². The molecule has 6 heteroatoms. The first-order valence-corrected chi connectivity index (χ1v) is 7.13. The van der Waals surface area contributed by atoms with E-state index in [9.17, 15) is 9.59 Å². The van der Waals surface area contributed by atoms with Gasteiger partial charge in [-0.05, 0) is 25.5 Å². The molecule has 1 aromatic carbocycles. The largest absolute Gasteiger partial charge is 0.422 e. The van der Waals surface area contributed by atoms with Crippen molar-refractivity contribution < 1.29 is 9.21 Å². The van der Waals surface area contributed by atoms with Crippen molar-refractivity contribution in [2.45, 2.75) is 19.9 Å². The van der Waals surface area contributed by atoms with Crippen LogP contribution in [0.4, 0.5) is 0 Å².